The number of para-hydroxylation sites is 1. The van der Waals surface area contributed by atoms with Gasteiger partial charge in [-0.1, -0.05) is 12.1 Å². The smallest absolute Gasteiger partial charge is 0.172 e. The van der Waals surface area contributed by atoms with Crippen LogP contribution >= 0.6 is 0 Å². The van der Waals surface area contributed by atoms with Crippen LogP contribution in [-0.2, 0) is 4.74 Å². The van der Waals surface area contributed by atoms with E-state index >= 15 is 0 Å². The Balaban J connectivity index is 2.18. The Morgan fingerprint density at radius 2 is 2.24 bits per heavy atom. The monoisotopic (exact) mass is 234 g/mol. The highest BCUT2D eigenvalue weighted by Gasteiger charge is 2.30. The van der Waals surface area contributed by atoms with Gasteiger partial charge >= 0.3 is 0 Å². The standard InChI is InChI=1S/C14H18O3/c1-3-16-13-7-5-4-6-12(13)14(15)11-8-10(2)17-9-11/h4-7,10-11H,3,8-9H2,1-2H3. The molecule has 1 saturated heterocycles. The van der Waals surface area contributed by atoms with Crippen molar-refractivity contribution >= 4 is 5.78 Å². The average Bonchev–Trinajstić information content (AvgIpc) is 2.76. The second-order valence-electron chi connectivity index (χ2n) is 4.37. The van der Waals surface area contributed by atoms with Crippen LogP contribution in [0.1, 0.15) is 30.6 Å². The number of carbonyl (C=O) groups is 1. The molecule has 1 aliphatic heterocycles. The van der Waals surface area contributed by atoms with Crippen molar-refractivity contribution in [2.75, 3.05) is 13.2 Å². The van der Waals surface area contributed by atoms with Crippen molar-refractivity contribution in [3.63, 3.8) is 0 Å². The van der Waals surface area contributed by atoms with E-state index in [4.69, 9.17) is 9.47 Å². The maximum atomic E-state index is 12.3. The predicted octanol–water partition coefficient (Wildman–Crippen LogP) is 2.69. The summed E-state index contributed by atoms with van der Waals surface area (Å²) in [6.45, 7) is 5.02. The molecule has 0 saturated carbocycles. The minimum Gasteiger partial charge on any atom is -0.493 e. The van der Waals surface area contributed by atoms with E-state index in [2.05, 4.69) is 0 Å². The van der Waals surface area contributed by atoms with Crippen molar-refractivity contribution in [2.24, 2.45) is 5.92 Å². The van der Waals surface area contributed by atoms with Crippen LogP contribution in [0.25, 0.3) is 0 Å². The molecule has 1 aromatic carbocycles. The van der Waals surface area contributed by atoms with Gasteiger partial charge in [0.15, 0.2) is 5.78 Å². The highest BCUT2D eigenvalue weighted by atomic mass is 16.5. The fraction of sp³-hybridized carbons (Fsp3) is 0.500. The topological polar surface area (TPSA) is 35.5 Å². The maximum absolute atomic E-state index is 12.3. The summed E-state index contributed by atoms with van der Waals surface area (Å²) < 4.78 is 10.9. The molecule has 0 bridgehead atoms. The van der Waals surface area contributed by atoms with Crippen LogP contribution in [0.4, 0.5) is 0 Å². The number of rotatable bonds is 4. The summed E-state index contributed by atoms with van der Waals surface area (Å²) in [5.41, 5.74) is 0.678. The summed E-state index contributed by atoms with van der Waals surface area (Å²) in [6.07, 6.45) is 0.988. The lowest BCUT2D eigenvalue weighted by molar-refractivity contribution is 0.0874. The summed E-state index contributed by atoms with van der Waals surface area (Å²) in [7, 11) is 0. The zero-order chi connectivity index (χ0) is 12.3. The molecule has 1 heterocycles. The second-order valence-corrected chi connectivity index (χ2v) is 4.37. The third kappa shape index (κ3) is 2.67. The van der Waals surface area contributed by atoms with Gasteiger partial charge in [-0.2, -0.15) is 0 Å². The first-order chi connectivity index (χ1) is 8.22. The number of Topliss-reactive ketones (excluding diaryl/α,β-unsaturated/α-hetero) is 1. The second kappa shape index (κ2) is 5.32. The summed E-state index contributed by atoms with van der Waals surface area (Å²) >= 11 is 0. The number of benzene rings is 1. The molecule has 0 aliphatic carbocycles. The average molecular weight is 234 g/mol. The Morgan fingerprint density at radius 3 is 2.88 bits per heavy atom. The van der Waals surface area contributed by atoms with Gasteiger partial charge in [0.25, 0.3) is 0 Å². The van der Waals surface area contributed by atoms with Crippen LogP contribution < -0.4 is 4.74 Å². The van der Waals surface area contributed by atoms with Crippen LogP contribution in [-0.4, -0.2) is 25.1 Å². The van der Waals surface area contributed by atoms with E-state index in [1.807, 2.05) is 38.1 Å². The first-order valence-electron chi connectivity index (χ1n) is 6.10. The van der Waals surface area contributed by atoms with Gasteiger partial charge in [0.2, 0.25) is 0 Å². The molecule has 1 aliphatic rings. The van der Waals surface area contributed by atoms with E-state index in [-0.39, 0.29) is 17.8 Å². The van der Waals surface area contributed by atoms with E-state index in [1.54, 1.807) is 0 Å². The summed E-state index contributed by atoms with van der Waals surface area (Å²) in [6, 6.07) is 7.43. The van der Waals surface area contributed by atoms with Gasteiger partial charge in [-0.25, -0.2) is 0 Å². The Morgan fingerprint density at radius 1 is 1.47 bits per heavy atom. The zero-order valence-corrected chi connectivity index (χ0v) is 10.3. The highest BCUT2D eigenvalue weighted by molar-refractivity contribution is 6.00. The lowest BCUT2D eigenvalue weighted by atomic mass is 9.95. The van der Waals surface area contributed by atoms with Gasteiger partial charge in [-0.3, -0.25) is 4.79 Å². The van der Waals surface area contributed by atoms with E-state index in [0.29, 0.717) is 24.5 Å². The van der Waals surface area contributed by atoms with Gasteiger partial charge in [0, 0.05) is 5.92 Å². The summed E-state index contributed by atoms with van der Waals surface area (Å²) in [5, 5.41) is 0. The van der Waals surface area contributed by atoms with Crippen LogP contribution in [0.3, 0.4) is 0 Å². The first kappa shape index (κ1) is 12.1. The Kier molecular flexibility index (Phi) is 3.79. The molecule has 1 fully saturated rings. The molecule has 0 aromatic heterocycles. The normalized spacial score (nSPS) is 23.6. The van der Waals surface area contributed by atoms with Crippen molar-refractivity contribution in [2.45, 2.75) is 26.4 Å². The van der Waals surface area contributed by atoms with Crippen molar-refractivity contribution in [1.82, 2.24) is 0 Å². The van der Waals surface area contributed by atoms with Gasteiger partial charge < -0.3 is 9.47 Å². The maximum Gasteiger partial charge on any atom is 0.172 e. The minimum atomic E-state index is -0.0217. The van der Waals surface area contributed by atoms with E-state index in [9.17, 15) is 4.79 Å². The molecule has 92 valence electrons. The minimum absolute atomic E-state index is 0.0217. The van der Waals surface area contributed by atoms with E-state index in [0.717, 1.165) is 6.42 Å². The third-order valence-corrected chi connectivity index (χ3v) is 3.02. The zero-order valence-electron chi connectivity index (χ0n) is 10.3. The van der Waals surface area contributed by atoms with Crippen molar-refractivity contribution in [1.29, 1.82) is 0 Å². The fourth-order valence-electron chi connectivity index (χ4n) is 2.17. The van der Waals surface area contributed by atoms with Crippen molar-refractivity contribution < 1.29 is 14.3 Å². The predicted molar refractivity (Wildman–Crippen MR) is 65.5 cm³/mol. The molecule has 2 unspecified atom stereocenters. The molecule has 3 heteroatoms. The van der Waals surface area contributed by atoms with Gasteiger partial charge in [-0.05, 0) is 32.4 Å². The Bertz CT molecular complexity index is 400. The highest BCUT2D eigenvalue weighted by Crippen LogP contribution is 2.27. The number of ketones is 1. The Labute approximate surface area is 102 Å². The molecule has 0 radical (unpaired) electrons. The largest absolute Gasteiger partial charge is 0.493 e. The molecule has 2 atom stereocenters. The number of hydrogen-bond donors (Lipinski definition) is 0. The Hall–Kier alpha value is -1.35. The molecule has 17 heavy (non-hydrogen) atoms. The number of ether oxygens (including phenoxy) is 2. The number of hydrogen-bond acceptors (Lipinski definition) is 3. The van der Waals surface area contributed by atoms with Crippen molar-refractivity contribution in [3.8, 4) is 5.75 Å². The van der Waals surface area contributed by atoms with E-state index in [1.165, 1.54) is 0 Å². The summed E-state index contributed by atoms with van der Waals surface area (Å²) in [5.74, 6) is 0.796. The SMILES string of the molecule is CCOc1ccccc1C(=O)C1COC(C)C1. The van der Waals surface area contributed by atoms with Gasteiger partial charge in [0.1, 0.15) is 5.75 Å². The molecule has 3 nitrogen and oxygen atoms in total. The molecule has 0 amide bonds. The van der Waals surface area contributed by atoms with Gasteiger partial charge in [0.05, 0.1) is 24.9 Å². The molecule has 0 N–H and O–H groups in total. The van der Waals surface area contributed by atoms with Crippen LogP contribution in [0.5, 0.6) is 5.75 Å². The van der Waals surface area contributed by atoms with Crippen LogP contribution in [0, 0.1) is 5.92 Å². The fourth-order valence-corrected chi connectivity index (χ4v) is 2.17. The molecule has 2 rings (SSSR count). The lowest BCUT2D eigenvalue weighted by Gasteiger charge is -2.11. The molecule has 0 spiro atoms. The molecular weight excluding hydrogens is 216 g/mol. The molecule has 1 aromatic rings. The summed E-state index contributed by atoms with van der Waals surface area (Å²) in [4.78, 5) is 12.3. The first-order valence-corrected chi connectivity index (χ1v) is 6.10. The van der Waals surface area contributed by atoms with Gasteiger partial charge in [-0.15, -0.1) is 0 Å². The lowest BCUT2D eigenvalue weighted by Crippen LogP contribution is -2.16. The van der Waals surface area contributed by atoms with Crippen LogP contribution in [0.15, 0.2) is 24.3 Å². The quantitative estimate of drug-likeness (QED) is 0.751. The number of carbonyl (C=O) groups excluding carboxylic acids is 1. The van der Waals surface area contributed by atoms with Crippen LogP contribution in [0.2, 0.25) is 0 Å². The van der Waals surface area contributed by atoms with E-state index < -0.39 is 0 Å². The third-order valence-electron chi connectivity index (χ3n) is 3.02. The van der Waals surface area contributed by atoms with Crippen molar-refractivity contribution in [3.05, 3.63) is 29.8 Å². The molecular formula is C14H18O3.